The lowest BCUT2D eigenvalue weighted by Crippen LogP contribution is -2.54. The van der Waals surface area contributed by atoms with Crippen LogP contribution in [0.5, 0.6) is 5.75 Å². The van der Waals surface area contributed by atoms with Crippen molar-refractivity contribution < 1.29 is 23.9 Å². The number of rotatable bonds is 7. The van der Waals surface area contributed by atoms with Gasteiger partial charge in [-0.3, -0.25) is 29.4 Å². The average Bonchev–Trinajstić information content (AvgIpc) is 3.64. The lowest BCUT2D eigenvalue weighted by molar-refractivity contribution is -0.136. The van der Waals surface area contributed by atoms with Crippen LogP contribution in [-0.4, -0.2) is 63.0 Å². The molecule has 200 valence electrons. The van der Waals surface area contributed by atoms with Crippen molar-refractivity contribution in [2.24, 2.45) is 5.92 Å². The maximum absolute atomic E-state index is 13.1. The molecule has 0 spiro atoms. The first-order chi connectivity index (χ1) is 18.9. The highest BCUT2D eigenvalue weighted by atomic mass is 16.5. The number of hydrogen-bond acceptors (Lipinski definition) is 8. The molecule has 11 heteroatoms. The number of hydrogen-bond donors (Lipinski definition) is 2. The lowest BCUT2D eigenvalue weighted by Gasteiger charge is -2.35. The van der Waals surface area contributed by atoms with Crippen LogP contribution in [0, 0.1) is 5.92 Å². The Bertz CT molecular complexity index is 1550. The van der Waals surface area contributed by atoms with E-state index in [1.807, 2.05) is 6.07 Å². The summed E-state index contributed by atoms with van der Waals surface area (Å²) in [5.74, 6) is -0.262. The minimum absolute atomic E-state index is 0.0961. The van der Waals surface area contributed by atoms with Crippen LogP contribution in [-0.2, 0) is 9.59 Å². The molecule has 3 aromatic rings. The maximum Gasteiger partial charge on any atom is 0.262 e. The van der Waals surface area contributed by atoms with E-state index in [2.05, 4.69) is 20.3 Å². The molecule has 1 aromatic carbocycles. The van der Waals surface area contributed by atoms with E-state index in [0.717, 1.165) is 65.3 Å². The Morgan fingerprint density at radius 3 is 2.59 bits per heavy atom. The second-order valence-electron chi connectivity index (χ2n) is 10.9. The molecule has 1 unspecified atom stereocenters. The largest absolute Gasteiger partial charge is 0.496 e. The summed E-state index contributed by atoms with van der Waals surface area (Å²) in [6.45, 7) is 0.722. The Hall–Kier alpha value is -4.28. The van der Waals surface area contributed by atoms with Crippen LogP contribution in [0.4, 0.5) is 5.69 Å². The highest BCUT2D eigenvalue weighted by Gasteiger charge is 2.44. The number of nitrogens with zero attached hydrogens (tertiary/aromatic N) is 4. The SMILES string of the molecule is COc1ccnc2c1c(C1CC1)nn2C1CC(CNc2ccc3c(c2)C(=O)N(C2CCC(=O)NC2=O)C3=O)C1. The number of carbonyl (C=O) groups excluding carboxylic acids is 4. The number of ether oxygens (including phenoxy) is 1. The minimum Gasteiger partial charge on any atom is -0.496 e. The van der Waals surface area contributed by atoms with Crippen molar-refractivity contribution in [3.8, 4) is 5.75 Å². The molecule has 3 fully saturated rings. The molecule has 39 heavy (non-hydrogen) atoms. The summed E-state index contributed by atoms with van der Waals surface area (Å²) in [5.41, 5.74) is 3.28. The first kappa shape index (κ1) is 23.8. The molecular formula is C28H28N6O5. The molecule has 1 saturated heterocycles. The van der Waals surface area contributed by atoms with E-state index < -0.39 is 29.7 Å². The predicted molar refractivity (Wildman–Crippen MR) is 139 cm³/mol. The van der Waals surface area contributed by atoms with Gasteiger partial charge in [-0.1, -0.05) is 0 Å². The molecule has 7 rings (SSSR count). The van der Waals surface area contributed by atoms with Crippen molar-refractivity contribution in [1.29, 1.82) is 0 Å². The maximum atomic E-state index is 13.1. The van der Waals surface area contributed by atoms with E-state index in [4.69, 9.17) is 9.84 Å². The molecule has 2 aliphatic heterocycles. The number of nitrogens with one attached hydrogen (secondary N) is 2. The van der Waals surface area contributed by atoms with Gasteiger partial charge in [-0.15, -0.1) is 0 Å². The van der Waals surface area contributed by atoms with E-state index >= 15 is 0 Å². The van der Waals surface area contributed by atoms with Crippen molar-refractivity contribution in [2.75, 3.05) is 19.0 Å². The zero-order valence-corrected chi connectivity index (χ0v) is 21.5. The smallest absolute Gasteiger partial charge is 0.262 e. The van der Waals surface area contributed by atoms with E-state index in [9.17, 15) is 19.2 Å². The van der Waals surface area contributed by atoms with Crippen LogP contribution >= 0.6 is 0 Å². The summed E-state index contributed by atoms with van der Waals surface area (Å²) >= 11 is 0. The van der Waals surface area contributed by atoms with Gasteiger partial charge in [0.25, 0.3) is 11.8 Å². The monoisotopic (exact) mass is 528 g/mol. The van der Waals surface area contributed by atoms with Gasteiger partial charge in [-0.25, -0.2) is 9.67 Å². The van der Waals surface area contributed by atoms with Gasteiger partial charge in [0.2, 0.25) is 11.8 Å². The van der Waals surface area contributed by atoms with Crippen LogP contribution in [0.3, 0.4) is 0 Å². The minimum atomic E-state index is -0.966. The van der Waals surface area contributed by atoms with Gasteiger partial charge < -0.3 is 10.1 Å². The summed E-state index contributed by atoms with van der Waals surface area (Å²) in [7, 11) is 1.68. The average molecular weight is 529 g/mol. The van der Waals surface area contributed by atoms with E-state index in [-0.39, 0.29) is 30.0 Å². The van der Waals surface area contributed by atoms with Gasteiger partial charge in [-0.05, 0) is 62.3 Å². The molecule has 2 N–H and O–H groups in total. The highest BCUT2D eigenvalue weighted by molar-refractivity contribution is 6.23. The molecule has 0 bridgehead atoms. The Balaban J connectivity index is 1.02. The summed E-state index contributed by atoms with van der Waals surface area (Å²) in [4.78, 5) is 55.4. The third kappa shape index (κ3) is 3.86. The molecule has 4 amide bonds. The number of imide groups is 2. The molecule has 0 radical (unpaired) electrons. The molecule has 2 saturated carbocycles. The number of amides is 4. The number of piperidine rings is 1. The van der Waals surface area contributed by atoms with Gasteiger partial charge in [0.1, 0.15) is 11.8 Å². The van der Waals surface area contributed by atoms with E-state index in [0.29, 0.717) is 11.8 Å². The first-order valence-electron chi connectivity index (χ1n) is 13.4. The molecule has 2 aromatic heterocycles. The molecule has 2 aliphatic carbocycles. The lowest BCUT2D eigenvalue weighted by atomic mass is 9.80. The fourth-order valence-corrected chi connectivity index (χ4v) is 6.04. The Kier molecular flexibility index (Phi) is 5.43. The molecular weight excluding hydrogens is 500 g/mol. The molecule has 4 aliphatic rings. The third-order valence-corrected chi connectivity index (χ3v) is 8.36. The fraction of sp³-hybridized carbons (Fsp3) is 0.429. The summed E-state index contributed by atoms with van der Waals surface area (Å²) in [6.07, 6.45) is 6.23. The number of pyridine rings is 1. The topological polar surface area (TPSA) is 136 Å². The zero-order valence-electron chi connectivity index (χ0n) is 21.5. The van der Waals surface area contributed by atoms with E-state index in [1.54, 1.807) is 31.5 Å². The zero-order chi connectivity index (χ0) is 26.8. The molecule has 11 nitrogen and oxygen atoms in total. The van der Waals surface area contributed by atoms with E-state index in [1.165, 1.54) is 0 Å². The number of anilines is 1. The number of aromatic nitrogens is 3. The predicted octanol–water partition coefficient (Wildman–Crippen LogP) is 2.78. The Labute approximate surface area is 223 Å². The number of methoxy groups -OCH3 is 1. The van der Waals surface area contributed by atoms with Crippen LogP contribution in [0.15, 0.2) is 30.5 Å². The summed E-state index contributed by atoms with van der Waals surface area (Å²) in [5, 5.41) is 11.6. The van der Waals surface area contributed by atoms with Crippen LogP contribution < -0.4 is 15.4 Å². The fourth-order valence-electron chi connectivity index (χ4n) is 6.04. The van der Waals surface area contributed by atoms with Crippen molar-refractivity contribution in [1.82, 2.24) is 25.0 Å². The quantitative estimate of drug-likeness (QED) is 0.447. The van der Waals surface area contributed by atoms with Gasteiger partial charge in [0, 0.05) is 30.8 Å². The Morgan fingerprint density at radius 2 is 1.85 bits per heavy atom. The molecule has 4 heterocycles. The summed E-state index contributed by atoms with van der Waals surface area (Å²) < 4.78 is 7.69. The first-order valence-corrected chi connectivity index (χ1v) is 13.4. The van der Waals surface area contributed by atoms with Gasteiger partial charge >= 0.3 is 0 Å². The van der Waals surface area contributed by atoms with Crippen molar-refractivity contribution in [2.45, 2.75) is 56.5 Å². The highest BCUT2D eigenvalue weighted by Crippen LogP contribution is 2.47. The standard InChI is InChI=1S/C28H28N6O5/c1-39-21-8-9-29-25-23(21)24(15-2-3-15)32-34(25)17-10-14(11-17)13-30-16-4-5-18-19(12-16)28(38)33(27(18)37)20-6-7-22(35)31-26(20)36/h4-5,8-9,12,14-15,17,20,30H,2-3,6-7,10-11,13H2,1H3,(H,31,35,36). The van der Waals surface area contributed by atoms with Gasteiger partial charge in [0.15, 0.2) is 5.65 Å². The van der Waals surface area contributed by atoms with Crippen molar-refractivity contribution in [3.63, 3.8) is 0 Å². The van der Waals surface area contributed by atoms with Crippen LogP contribution in [0.25, 0.3) is 11.0 Å². The molecule has 1 atom stereocenters. The third-order valence-electron chi connectivity index (χ3n) is 8.36. The number of fused-ring (bicyclic) bond motifs is 2. The van der Waals surface area contributed by atoms with Gasteiger partial charge in [0.05, 0.1) is 35.4 Å². The Morgan fingerprint density at radius 1 is 1.05 bits per heavy atom. The second-order valence-corrected chi connectivity index (χ2v) is 10.9. The summed E-state index contributed by atoms with van der Waals surface area (Å²) in [6, 6.07) is 6.29. The second kappa shape index (κ2) is 8.89. The van der Waals surface area contributed by atoms with Crippen molar-refractivity contribution >= 4 is 40.3 Å². The van der Waals surface area contributed by atoms with Crippen LogP contribution in [0.1, 0.15) is 76.9 Å². The van der Waals surface area contributed by atoms with Gasteiger partial charge in [-0.2, -0.15) is 5.10 Å². The number of carbonyl (C=O) groups is 4. The number of benzene rings is 1. The van der Waals surface area contributed by atoms with Crippen LogP contribution in [0.2, 0.25) is 0 Å². The van der Waals surface area contributed by atoms with Crippen molar-refractivity contribution in [3.05, 3.63) is 47.3 Å². The normalized spacial score (nSPS) is 24.5.